The molecular formula is C12H16N4O3S. The number of nitrogens with zero attached hydrogens (tertiary/aromatic N) is 3. The molecule has 0 aliphatic carbocycles. The number of aromatic nitrogens is 2. The average molecular weight is 296 g/mol. The van der Waals surface area contributed by atoms with Crippen LogP contribution in [0.25, 0.3) is 0 Å². The number of benzene rings is 1. The summed E-state index contributed by atoms with van der Waals surface area (Å²) in [6.07, 6.45) is 0. The molecule has 0 aliphatic rings. The second-order valence-corrected chi connectivity index (χ2v) is 6.32. The summed E-state index contributed by atoms with van der Waals surface area (Å²) in [6, 6.07) is 5.97. The third-order valence-electron chi connectivity index (χ3n) is 3.12. The van der Waals surface area contributed by atoms with Crippen molar-refractivity contribution >= 4 is 21.5 Å². The van der Waals surface area contributed by atoms with E-state index in [2.05, 4.69) is 5.10 Å². The number of anilines is 2. The van der Waals surface area contributed by atoms with Crippen LogP contribution in [0.15, 0.2) is 29.2 Å². The predicted octanol–water partition coefficient (Wildman–Crippen LogP) is 0.841. The first-order valence-corrected chi connectivity index (χ1v) is 7.26. The summed E-state index contributed by atoms with van der Waals surface area (Å²) in [4.78, 5) is -0.0224. The van der Waals surface area contributed by atoms with Crippen LogP contribution < -0.4 is 10.0 Å². The van der Waals surface area contributed by atoms with Crippen molar-refractivity contribution in [3.63, 3.8) is 0 Å². The number of aromatic hydroxyl groups is 1. The van der Waals surface area contributed by atoms with Crippen molar-refractivity contribution in [3.8, 4) is 5.75 Å². The molecule has 3 N–H and O–H groups in total. The van der Waals surface area contributed by atoms with E-state index in [1.807, 2.05) is 0 Å². The molecule has 0 radical (unpaired) electrons. The Kier molecular flexibility index (Phi) is 3.34. The van der Waals surface area contributed by atoms with Crippen molar-refractivity contribution in [1.82, 2.24) is 9.78 Å². The average Bonchev–Trinajstić information content (AvgIpc) is 2.62. The second-order valence-electron chi connectivity index (χ2n) is 4.42. The molecule has 0 atom stereocenters. The van der Waals surface area contributed by atoms with Crippen LogP contribution in [-0.4, -0.2) is 30.4 Å². The van der Waals surface area contributed by atoms with Gasteiger partial charge in [0.15, 0.2) is 10.7 Å². The molecule has 8 heteroatoms. The number of phenols is 1. The summed E-state index contributed by atoms with van der Waals surface area (Å²) in [5, 5.41) is 13.4. The summed E-state index contributed by atoms with van der Waals surface area (Å²) in [6.45, 7) is 1.63. The fourth-order valence-electron chi connectivity index (χ4n) is 1.90. The van der Waals surface area contributed by atoms with Crippen LogP contribution in [0.1, 0.15) is 5.69 Å². The summed E-state index contributed by atoms with van der Waals surface area (Å²) in [5.41, 5.74) is 6.48. The van der Waals surface area contributed by atoms with E-state index in [9.17, 15) is 13.5 Å². The van der Waals surface area contributed by atoms with Gasteiger partial charge in [0, 0.05) is 20.2 Å². The van der Waals surface area contributed by atoms with Gasteiger partial charge in [0.1, 0.15) is 5.75 Å². The molecule has 2 aromatic rings. The van der Waals surface area contributed by atoms with Crippen molar-refractivity contribution in [2.45, 2.75) is 11.8 Å². The zero-order valence-electron chi connectivity index (χ0n) is 11.4. The lowest BCUT2D eigenvalue weighted by atomic mass is 10.3. The molecular weight excluding hydrogens is 280 g/mol. The highest BCUT2D eigenvalue weighted by atomic mass is 32.2. The van der Waals surface area contributed by atoms with Crippen LogP contribution >= 0.6 is 0 Å². The lowest BCUT2D eigenvalue weighted by Crippen LogP contribution is -2.27. The maximum absolute atomic E-state index is 12.6. The smallest absolute Gasteiger partial charge is 0.269 e. The van der Waals surface area contributed by atoms with Crippen LogP contribution in [0, 0.1) is 6.92 Å². The number of nitrogen functional groups attached to an aromatic ring is 1. The van der Waals surface area contributed by atoms with Gasteiger partial charge >= 0.3 is 0 Å². The Morgan fingerprint density at radius 2 is 2.05 bits per heavy atom. The fourth-order valence-corrected chi connectivity index (χ4v) is 3.37. The highest BCUT2D eigenvalue weighted by Crippen LogP contribution is 2.29. The first-order valence-electron chi connectivity index (χ1n) is 5.82. The lowest BCUT2D eigenvalue weighted by molar-refractivity contribution is 0.475. The Labute approximate surface area is 117 Å². The molecule has 1 heterocycles. The number of rotatable bonds is 3. The molecule has 0 bridgehead atoms. The van der Waals surface area contributed by atoms with Gasteiger partial charge in [-0.3, -0.25) is 8.99 Å². The highest BCUT2D eigenvalue weighted by molar-refractivity contribution is 7.93. The molecule has 0 amide bonds. The normalized spacial score (nSPS) is 11.6. The van der Waals surface area contributed by atoms with Gasteiger partial charge in [-0.1, -0.05) is 6.07 Å². The molecule has 20 heavy (non-hydrogen) atoms. The Morgan fingerprint density at radius 3 is 2.55 bits per heavy atom. The van der Waals surface area contributed by atoms with E-state index in [0.29, 0.717) is 11.4 Å². The van der Waals surface area contributed by atoms with Gasteiger partial charge < -0.3 is 10.8 Å². The van der Waals surface area contributed by atoms with E-state index >= 15 is 0 Å². The second kappa shape index (κ2) is 4.71. The lowest BCUT2D eigenvalue weighted by Gasteiger charge is -2.19. The molecule has 1 aromatic carbocycles. The number of aryl methyl sites for hydroxylation is 1. The zero-order chi connectivity index (χ0) is 15.1. The number of hydrogen-bond donors (Lipinski definition) is 2. The minimum absolute atomic E-state index is 0.0135. The molecule has 108 valence electrons. The molecule has 2 rings (SSSR count). The summed E-state index contributed by atoms with van der Waals surface area (Å²) in [7, 11) is -0.813. The van der Waals surface area contributed by atoms with Gasteiger partial charge in [-0.2, -0.15) is 5.10 Å². The van der Waals surface area contributed by atoms with Crippen molar-refractivity contribution in [3.05, 3.63) is 30.0 Å². The molecule has 0 aliphatic heterocycles. The number of phenolic OH excluding ortho intramolecular Hbond substituents is 1. The largest absolute Gasteiger partial charge is 0.508 e. The van der Waals surface area contributed by atoms with Crippen LogP contribution in [0.3, 0.4) is 0 Å². The van der Waals surface area contributed by atoms with Gasteiger partial charge in [-0.25, -0.2) is 8.42 Å². The van der Waals surface area contributed by atoms with E-state index in [1.165, 1.54) is 23.9 Å². The molecule has 0 saturated carbocycles. The fraction of sp³-hybridized carbons (Fsp3) is 0.250. The maximum atomic E-state index is 12.6. The predicted molar refractivity (Wildman–Crippen MR) is 76.1 cm³/mol. The van der Waals surface area contributed by atoms with Gasteiger partial charge in [0.25, 0.3) is 10.0 Å². The molecule has 0 spiro atoms. The van der Waals surface area contributed by atoms with Crippen molar-refractivity contribution in [2.24, 2.45) is 7.05 Å². The third-order valence-corrected chi connectivity index (χ3v) is 5.07. The topological polar surface area (TPSA) is 101 Å². The number of nitrogens with two attached hydrogens (primary N) is 1. The van der Waals surface area contributed by atoms with Gasteiger partial charge in [-0.05, 0) is 19.1 Å². The standard InChI is InChI=1S/C12H16N4O3S/c1-8-11(12(13)14-15(8)2)20(18,19)16(3)9-5-4-6-10(17)7-9/h4-7,17H,1-3H3,(H2,13,14). The quantitative estimate of drug-likeness (QED) is 0.874. The summed E-state index contributed by atoms with van der Waals surface area (Å²) < 4.78 is 27.7. The van der Waals surface area contributed by atoms with Crippen LogP contribution in [-0.2, 0) is 17.1 Å². The summed E-state index contributed by atoms with van der Waals surface area (Å²) >= 11 is 0. The maximum Gasteiger partial charge on any atom is 0.269 e. The molecule has 0 unspecified atom stereocenters. The van der Waals surface area contributed by atoms with E-state index < -0.39 is 10.0 Å². The first kappa shape index (κ1) is 14.2. The first-order chi connectivity index (χ1) is 9.25. The van der Waals surface area contributed by atoms with E-state index in [0.717, 1.165) is 4.31 Å². The molecule has 0 saturated heterocycles. The van der Waals surface area contributed by atoms with Crippen molar-refractivity contribution in [2.75, 3.05) is 17.1 Å². The van der Waals surface area contributed by atoms with Crippen molar-refractivity contribution < 1.29 is 13.5 Å². The van der Waals surface area contributed by atoms with E-state index in [4.69, 9.17) is 5.73 Å². The minimum atomic E-state index is -3.84. The Balaban J connectivity index is 2.55. The zero-order valence-corrected chi connectivity index (χ0v) is 12.2. The SMILES string of the molecule is Cc1c(S(=O)(=O)N(C)c2cccc(O)c2)c(N)nn1C. The van der Waals surface area contributed by atoms with Crippen LogP contribution in [0.4, 0.5) is 11.5 Å². The van der Waals surface area contributed by atoms with Crippen LogP contribution in [0.5, 0.6) is 5.75 Å². The summed E-state index contributed by atoms with van der Waals surface area (Å²) in [5.74, 6) is -0.0579. The minimum Gasteiger partial charge on any atom is -0.508 e. The van der Waals surface area contributed by atoms with E-state index in [1.54, 1.807) is 26.1 Å². The Morgan fingerprint density at radius 1 is 1.40 bits per heavy atom. The monoisotopic (exact) mass is 296 g/mol. The third kappa shape index (κ3) is 2.18. The van der Waals surface area contributed by atoms with Crippen molar-refractivity contribution in [1.29, 1.82) is 0 Å². The molecule has 7 nitrogen and oxygen atoms in total. The molecule has 1 aromatic heterocycles. The van der Waals surface area contributed by atoms with Gasteiger partial charge in [0.05, 0.1) is 11.4 Å². The Bertz CT molecular complexity index is 752. The molecule has 0 fully saturated rings. The Hall–Kier alpha value is -2.22. The van der Waals surface area contributed by atoms with Gasteiger partial charge in [-0.15, -0.1) is 0 Å². The van der Waals surface area contributed by atoms with Crippen LogP contribution in [0.2, 0.25) is 0 Å². The highest BCUT2D eigenvalue weighted by Gasteiger charge is 2.29. The number of sulfonamides is 1. The number of hydrogen-bond acceptors (Lipinski definition) is 5. The van der Waals surface area contributed by atoms with E-state index in [-0.39, 0.29) is 16.5 Å². The van der Waals surface area contributed by atoms with Gasteiger partial charge in [0.2, 0.25) is 0 Å².